The van der Waals surface area contributed by atoms with E-state index in [1.54, 1.807) is 6.08 Å². The molecule has 0 aliphatic rings. The number of carbonyl (C=O) groups is 1. The molecular weight excluding hydrogens is 252 g/mol. The van der Waals surface area contributed by atoms with Crippen molar-refractivity contribution in [2.45, 2.75) is 39.4 Å². The Kier molecular flexibility index (Phi) is 6.02. The van der Waals surface area contributed by atoms with E-state index in [0.29, 0.717) is 6.61 Å². The number of benzene rings is 1. The van der Waals surface area contributed by atoms with Gasteiger partial charge < -0.3 is 4.74 Å². The fraction of sp³-hybridized carbons (Fsp3) is 0.438. The van der Waals surface area contributed by atoms with E-state index in [9.17, 15) is 4.79 Å². The number of aryl methyl sites for hydroxylation is 1. The summed E-state index contributed by atoms with van der Waals surface area (Å²) in [4.78, 5) is 11.6. The van der Waals surface area contributed by atoms with Gasteiger partial charge >= 0.3 is 5.97 Å². The molecule has 0 atom stereocenters. The van der Waals surface area contributed by atoms with Crippen molar-refractivity contribution in [3.05, 3.63) is 47.2 Å². The Morgan fingerprint density at radius 1 is 1.21 bits per heavy atom. The van der Waals surface area contributed by atoms with Gasteiger partial charge in [-0.05, 0) is 25.3 Å². The lowest BCUT2D eigenvalue weighted by atomic mass is 10.1. The first kappa shape index (κ1) is 15.7. The van der Waals surface area contributed by atoms with Gasteiger partial charge in [-0.15, -0.1) is 0 Å². The van der Waals surface area contributed by atoms with Gasteiger partial charge in [-0.25, -0.2) is 4.79 Å². The summed E-state index contributed by atoms with van der Waals surface area (Å²) in [6, 6.07) is 10.4. The molecule has 0 unspecified atom stereocenters. The van der Waals surface area contributed by atoms with Gasteiger partial charge in [0.1, 0.15) is 0 Å². The molecule has 0 N–H and O–H groups in total. The van der Waals surface area contributed by atoms with E-state index in [4.69, 9.17) is 4.74 Å². The van der Waals surface area contributed by atoms with Crippen LogP contribution in [-0.4, -0.2) is 20.7 Å². The normalized spacial score (nSPS) is 12.3. The quantitative estimate of drug-likeness (QED) is 0.446. The zero-order valence-electron chi connectivity index (χ0n) is 12.4. The van der Waals surface area contributed by atoms with Crippen LogP contribution in [0, 0.1) is 0 Å². The molecule has 0 heterocycles. The molecule has 1 aromatic rings. The first-order valence-corrected chi connectivity index (χ1v) is 10.3. The number of allylic oxidation sites excluding steroid dienone is 1. The van der Waals surface area contributed by atoms with Crippen molar-refractivity contribution in [1.29, 1.82) is 0 Å². The van der Waals surface area contributed by atoms with E-state index in [1.165, 1.54) is 10.8 Å². The van der Waals surface area contributed by atoms with E-state index in [-0.39, 0.29) is 5.97 Å². The summed E-state index contributed by atoms with van der Waals surface area (Å²) in [5, 5.41) is 1.27. The summed E-state index contributed by atoms with van der Waals surface area (Å²) in [7, 11) is -1.47. The number of ether oxygens (including phenoxy) is 1. The molecule has 0 aliphatic heterocycles. The molecule has 0 spiro atoms. The minimum atomic E-state index is -1.47. The van der Waals surface area contributed by atoms with Crippen molar-refractivity contribution in [3.8, 4) is 0 Å². The van der Waals surface area contributed by atoms with Gasteiger partial charge in [0.2, 0.25) is 0 Å². The second-order valence-electron chi connectivity index (χ2n) is 5.66. The maximum atomic E-state index is 11.6. The minimum absolute atomic E-state index is 0.201. The highest BCUT2D eigenvalue weighted by Gasteiger charge is 2.20. The van der Waals surface area contributed by atoms with E-state index >= 15 is 0 Å². The van der Waals surface area contributed by atoms with E-state index in [0.717, 1.165) is 12.8 Å². The van der Waals surface area contributed by atoms with Gasteiger partial charge in [0.05, 0.1) is 14.7 Å². The predicted molar refractivity (Wildman–Crippen MR) is 82.8 cm³/mol. The molecule has 0 bridgehead atoms. The lowest BCUT2D eigenvalue weighted by Crippen LogP contribution is -2.25. The topological polar surface area (TPSA) is 26.3 Å². The number of hydrogen-bond acceptors (Lipinski definition) is 2. The monoisotopic (exact) mass is 276 g/mol. The molecule has 2 nitrogen and oxygen atoms in total. The van der Waals surface area contributed by atoms with Crippen LogP contribution in [0.15, 0.2) is 41.6 Å². The summed E-state index contributed by atoms with van der Waals surface area (Å²) >= 11 is 0. The van der Waals surface area contributed by atoms with Gasteiger partial charge in [0.15, 0.2) is 0 Å². The molecule has 0 saturated carbocycles. The first-order chi connectivity index (χ1) is 8.93. The highest BCUT2D eigenvalue weighted by atomic mass is 28.3. The van der Waals surface area contributed by atoms with Crippen LogP contribution in [0.5, 0.6) is 0 Å². The van der Waals surface area contributed by atoms with Gasteiger partial charge in [0, 0.05) is 6.08 Å². The lowest BCUT2D eigenvalue weighted by molar-refractivity contribution is -0.137. The standard InChI is InChI=1S/C16H24O2Si/c1-5-18-16(17)13-15(19(2,3)4)12-11-14-9-7-6-8-10-14/h6-10,13H,5,11-12H2,1-4H3/b15-13-. The first-order valence-electron chi connectivity index (χ1n) is 6.85. The Labute approximate surface area is 117 Å². The Bertz CT molecular complexity index is 430. The predicted octanol–water partition coefficient (Wildman–Crippen LogP) is 3.99. The van der Waals surface area contributed by atoms with Crippen molar-refractivity contribution in [1.82, 2.24) is 0 Å². The highest BCUT2D eigenvalue weighted by molar-refractivity contribution is 6.83. The number of esters is 1. The molecular formula is C16H24O2Si. The zero-order valence-corrected chi connectivity index (χ0v) is 13.4. The SMILES string of the molecule is CCOC(=O)/C=C(/CCc1ccccc1)[Si](C)(C)C. The summed E-state index contributed by atoms with van der Waals surface area (Å²) < 4.78 is 5.03. The minimum Gasteiger partial charge on any atom is -0.463 e. The van der Waals surface area contributed by atoms with Crippen molar-refractivity contribution in [3.63, 3.8) is 0 Å². The third-order valence-electron chi connectivity index (χ3n) is 3.07. The fourth-order valence-corrected chi connectivity index (χ4v) is 3.34. The maximum absolute atomic E-state index is 11.6. The molecule has 0 radical (unpaired) electrons. The van der Waals surface area contributed by atoms with Crippen molar-refractivity contribution in [2.75, 3.05) is 6.61 Å². The summed E-state index contributed by atoms with van der Waals surface area (Å²) in [6.07, 6.45) is 3.65. The smallest absolute Gasteiger partial charge is 0.330 e. The zero-order chi connectivity index (χ0) is 14.3. The molecule has 0 amide bonds. The van der Waals surface area contributed by atoms with Crippen LogP contribution in [0.2, 0.25) is 19.6 Å². The Morgan fingerprint density at radius 3 is 2.37 bits per heavy atom. The van der Waals surface area contributed by atoms with Crippen LogP contribution in [-0.2, 0) is 16.0 Å². The molecule has 104 valence electrons. The molecule has 19 heavy (non-hydrogen) atoms. The molecule has 0 aliphatic carbocycles. The molecule has 1 aromatic carbocycles. The Morgan fingerprint density at radius 2 is 1.84 bits per heavy atom. The van der Waals surface area contributed by atoms with E-state index in [2.05, 4.69) is 43.9 Å². The Balaban J connectivity index is 2.74. The van der Waals surface area contributed by atoms with Crippen molar-refractivity contribution >= 4 is 14.0 Å². The van der Waals surface area contributed by atoms with Crippen LogP contribution in [0.3, 0.4) is 0 Å². The van der Waals surface area contributed by atoms with Crippen molar-refractivity contribution < 1.29 is 9.53 Å². The van der Waals surface area contributed by atoms with Gasteiger partial charge in [0.25, 0.3) is 0 Å². The van der Waals surface area contributed by atoms with Crippen LogP contribution in [0.25, 0.3) is 0 Å². The maximum Gasteiger partial charge on any atom is 0.330 e. The van der Waals surface area contributed by atoms with E-state index < -0.39 is 8.07 Å². The molecule has 0 aromatic heterocycles. The average molecular weight is 276 g/mol. The fourth-order valence-electron chi connectivity index (χ4n) is 1.91. The van der Waals surface area contributed by atoms with Crippen LogP contribution < -0.4 is 0 Å². The summed E-state index contributed by atoms with van der Waals surface area (Å²) in [6.45, 7) is 9.08. The van der Waals surface area contributed by atoms with Gasteiger partial charge in [-0.1, -0.05) is 55.2 Å². The van der Waals surface area contributed by atoms with Crippen LogP contribution in [0.4, 0.5) is 0 Å². The number of rotatable bonds is 6. The van der Waals surface area contributed by atoms with Gasteiger partial charge in [-0.2, -0.15) is 0 Å². The molecule has 1 rings (SSSR count). The van der Waals surface area contributed by atoms with Crippen LogP contribution in [0.1, 0.15) is 18.9 Å². The second-order valence-corrected chi connectivity index (χ2v) is 10.8. The second kappa shape index (κ2) is 7.29. The number of carbonyl (C=O) groups excluding carboxylic acids is 1. The summed E-state index contributed by atoms with van der Waals surface area (Å²) in [5.74, 6) is -0.201. The van der Waals surface area contributed by atoms with Crippen molar-refractivity contribution in [2.24, 2.45) is 0 Å². The largest absolute Gasteiger partial charge is 0.463 e. The molecule has 0 fully saturated rings. The van der Waals surface area contributed by atoms with E-state index in [1.807, 2.05) is 13.0 Å². The Hall–Kier alpha value is -1.35. The van der Waals surface area contributed by atoms with Gasteiger partial charge in [-0.3, -0.25) is 0 Å². The van der Waals surface area contributed by atoms with Crippen LogP contribution >= 0.6 is 0 Å². The summed E-state index contributed by atoms with van der Waals surface area (Å²) in [5.41, 5.74) is 1.32. The lowest BCUT2D eigenvalue weighted by Gasteiger charge is -2.21. The number of hydrogen-bond donors (Lipinski definition) is 0. The third-order valence-corrected chi connectivity index (χ3v) is 5.39. The highest BCUT2D eigenvalue weighted by Crippen LogP contribution is 2.20. The average Bonchev–Trinajstić information content (AvgIpc) is 2.34. The third kappa shape index (κ3) is 5.88. The molecule has 3 heteroatoms. The molecule has 0 saturated heterocycles.